The van der Waals surface area contributed by atoms with Crippen molar-refractivity contribution in [3.8, 4) is 0 Å². The number of benzene rings is 3. The van der Waals surface area contributed by atoms with Gasteiger partial charge in [0.05, 0.1) is 11.0 Å². The standard InChI is InChI=1S/C23H18N4OS/c1-27(2)16-10-8-15(9-11-16)24-22(28)14-7-12-20-17(13-14)21-23(29-20)26-19-6-4-3-5-18(19)25-21/h3-13H,1-2H3,(H,24,28). The Balaban J connectivity index is 1.52. The predicted octanol–water partition coefficient (Wildman–Crippen LogP) is 5.32. The van der Waals surface area contributed by atoms with Gasteiger partial charge in [0.1, 0.15) is 10.3 Å². The van der Waals surface area contributed by atoms with E-state index in [-0.39, 0.29) is 5.91 Å². The Kier molecular flexibility index (Phi) is 4.14. The number of fused-ring (bicyclic) bond motifs is 4. The summed E-state index contributed by atoms with van der Waals surface area (Å²) in [5.74, 6) is -0.141. The predicted molar refractivity (Wildman–Crippen MR) is 121 cm³/mol. The van der Waals surface area contributed by atoms with Gasteiger partial charge in [0.25, 0.3) is 5.91 Å². The van der Waals surface area contributed by atoms with Crippen molar-refractivity contribution in [1.82, 2.24) is 9.97 Å². The second-order valence-corrected chi connectivity index (χ2v) is 8.11. The Morgan fingerprint density at radius 1 is 0.931 bits per heavy atom. The fraction of sp³-hybridized carbons (Fsp3) is 0.0870. The molecule has 0 aliphatic heterocycles. The van der Waals surface area contributed by atoms with Gasteiger partial charge in [-0.1, -0.05) is 12.1 Å². The van der Waals surface area contributed by atoms with Crippen molar-refractivity contribution in [2.45, 2.75) is 0 Å². The summed E-state index contributed by atoms with van der Waals surface area (Å²) in [7, 11) is 3.97. The van der Waals surface area contributed by atoms with E-state index >= 15 is 0 Å². The lowest BCUT2D eigenvalue weighted by molar-refractivity contribution is 0.102. The zero-order valence-electron chi connectivity index (χ0n) is 16.0. The summed E-state index contributed by atoms with van der Waals surface area (Å²) in [6.07, 6.45) is 0. The first-order valence-corrected chi connectivity index (χ1v) is 10.1. The molecule has 0 aliphatic rings. The van der Waals surface area contributed by atoms with Gasteiger partial charge in [-0.15, -0.1) is 11.3 Å². The maximum Gasteiger partial charge on any atom is 0.255 e. The van der Waals surface area contributed by atoms with Crippen molar-refractivity contribution >= 4 is 60.1 Å². The molecule has 0 radical (unpaired) electrons. The third kappa shape index (κ3) is 3.17. The van der Waals surface area contributed by atoms with E-state index in [2.05, 4.69) is 5.32 Å². The average molecular weight is 398 g/mol. The fourth-order valence-corrected chi connectivity index (χ4v) is 4.33. The van der Waals surface area contributed by atoms with Crippen LogP contribution in [0.3, 0.4) is 0 Å². The molecule has 5 rings (SSSR count). The number of nitrogens with zero attached hydrogens (tertiary/aromatic N) is 3. The van der Waals surface area contributed by atoms with Gasteiger partial charge in [-0.2, -0.15) is 0 Å². The maximum absolute atomic E-state index is 12.8. The molecule has 0 fully saturated rings. The van der Waals surface area contributed by atoms with Gasteiger partial charge in [0.15, 0.2) is 0 Å². The fourth-order valence-electron chi connectivity index (χ4n) is 3.33. The molecule has 0 saturated carbocycles. The number of hydrogen-bond donors (Lipinski definition) is 1. The van der Waals surface area contributed by atoms with Crippen molar-refractivity contribution in [3.63, 3.8) is 0 Å². The van der Waals surface area contributed by atoms with Crippen LogP contribution >= 0.6 is 11.3 Å². The number of carbonyl (C=O) groups excluding carboxylic acids is 1. The van der Waals surface area contributed by atoms with Gasteiger partial charge in [-0.3, -0.25) is 4.79 Å². The highest BCUT2D eigenvalue weighted by Gasteiger charge is 2.13. The van der Waals surface area contributed by atoms with Crippen molar-refractivity contribution in [2.75, 3.05) is 24.3 Å². The first-order chi connectivity index (χ1) is 14.1. The highest BCUT2D eigenvalue weighted by molar-refractivity contribution is 7.25. The topological polar surface area (TPSA) is 58.1 Å². The first kappa shape index (κ1) is 17.6. The SMILES string of the molecule is CN(C)c1ccc(NC(=O)c2ccc3sc4nc5ccccc5nc4c3c2)cc1. The second-order valence-electron chi connectivity index (χ2n) is 7.07. The number of aromatic nitrogens is 2. The van der Waals surface area contributed by atoms with Crippen molar-refractivity contribution in [3.05, 3.63) is 72.3 Å². The summed E-state index contributed by atoms with van der Waals surface area (Å²) >= 11 is 1.60. The van der Waals surface area contributed by atoms with E-state index in [0.717, 1.165) is 42.8 Å². The largest absolute Gasteiger partial charge is 0.378 e. The molecule has 6 heteroatoms. The van der Waals surface area contributed by atoms with Gasteiger partial charge in [-0.25, -0.2) is 9.97 Å². The minimum atomic E-state index is -0.141. The molecule has 29 heavy (non-hydrogen) atoms. The molecule has 1 amide bonds. The quantitative estimate of drug-likeness (QED) is 0.447. The number of carbonyl (C=O) groups is 1. The molecular weight excluding hydrogens is 380 g/mol. The highest BCUT2D eigenvalue weighted by Crippen LogP contribution is 2.33. The summed E-state index contributed by atoms with van der Waals surface area (Å²) in [5.41, 5.74) is 5.03. The molecule has 1 N–H and O–H groups in total. The van der Waals surface area contributed by atoms with E-state index < -0.39 is 0 Å². The third-order valence-corrected chi connectivity index (χ3v) is 5.94. The normalized spacial score (nSPS) is 11.2. The van der Waals surface area contributed by atoms with Gasteiger partial charge in [0, 0.05) is 41.1 Å². The summed E-state index contributed by atoms with van der Waals surface area (Å²) in [6.45, 7) is 0. The van der Waals surface area contributed by atoms with Crippen LogP contribution in [0.4, 0.5) is 11.4 Å². The molecule has 142 valence electrons. The number of thiophene rings is 1. The minimum Gasteiger partial charge on any atom is -0.378 e. The Bertz CT molecular complexity index is 1370. The lowest BCUT2D eigenvalue weighted by atomic mass is 10.1. The molecule has 5 nitrogen and oxygen atoms in total. The van der Waals surface area contributed by atoms with Crippen molar-refractivity contribution in [2.24, 2.45) is 0 Å². The van der Waals surface area contributed by atoms with Gasteiger partial charge >= 0.3 is 0 Å². The molecule has 0 saturated heterocycles. The van der Waals surface area contributed by atoms with Crippen LogP contribution in [0.2, 0.25) is 0 Å². The van der Waals surface area contributed by atoms with Gasteiger partial charge < -0.3 is 10.2 Å². The first-order valence-electron chi connectivity index (χ1n) is 9.26. The number of rotatable bonds is 3. The molecule has 0 unspecified atom stereocenters. The van der Waals surface area contributed by atoms with E-state index in [9.17, 15) is 4.79 Å². The zero-order valence-corrected chi connectivity index (χ0v) is 16.8. The smallest absolute Gasteiger partial charge is 0.255 e. The molecular formula is C23H18N4OS. The lowest BCUT2D eigenvalue weighted by Gasteiger charge is -2.13. The molecule has 5 aromatic rings. The summed E-state index contributed by atoms with van der Waals surface area (Å²) in [4.78, 5) is 25.2. The number of amides is 1. The average Bonchev–Trinajstić information content (AvgIpc) is 3.09. The van der Waals surface area contributed by atoms with E-state index in [0.29, 0.717) is 5.56 Å². The number of anilines is 2. The van der Waals surface area contributed by atoms with Crippen LogP contribution in [-0.2, 0) is 0 Å². The molecule has 0 aliphatic carbocycles. The van der Waals surface area contributed by atoms with Crippen molar-refractivity contribution < 1.29 is 4.79 Å². The molecule has 0 atom stereocenters. The highest BCUT2D eigenvalue weighted by atomic mass is 32.1. The molecule has 0 spiro atoms. The Hall–Kier alpha value is -3.51. The molecule has 2 heterocycles. The number of nitrogens with one attached hydrogen (secondary N) is 1. The third-order valence-electron chi connectivity index (χ3n) is 4.88. The lowest BCUT2D eigenvalue weighted by Crippen LogP contribution is -2.12. The van der Waals surface area contributed by atoms with E-state index in [1.165, 1.54) is 0 Å². The summed E-state index contributed by atoms with van der Waals surface area (Å²) in [5, 5.41) is 3.93. The number of hydrogen-bond acceptors (Lipinski definition) is 5. The summed E-state index contributed by atoms with van der Waals surface area (Å²) < 4.78 is 1.07. The Morgan fingerprint density at radius 3 is 2.38 bits per heavy atom. The molecule has 3 aromatic carbocycles. The monoisotopic (exact) mass is 398 g/mol. The second kappa shape index (κ2) is 6.83. The maximum atomic E-state index is 12.8. The Morgan fingerprint density at radius 2 is 1.66 bits per heavy atom. The van der Waals surface area contributed by atoms with Crippen molar-refractivity contribution in [1.29, 1.82) is 0 Å². The molecule has 2 aromatic heterocycles. The van der Waals surface area contributed by atoms with Crippen LogP contribution < -0.4 is 10.2 Å². The molecule has 0 bridgehead atoms. The van der Waals surface area contributed by atoms with E-state index in [1.54, 1.807) is 11.3 Å². The van der Waals surface area contributed by atoms with E-state index in [1.807, 2.05) is 85.7 Å². The van der Waals surface area contributed by atoms with Gasteiger partial charge in [-0.05, 0) is 54.6 Å². The van der Waals surface area contributed by atoms with Crippen LogP contribution in [0.25, 0.3) is 31.5 Å². The summed E-state index contributed by atoms with van der Waals surface area (Å²) in [6, 6.07) is 21.3. The van der Waals surface area contributed by atoms with Crippen LogP contribution in [0.5, 0.6) is 0 Å². The van der Waals surface area contributed by atoms with E-state index in [4.69, 9.17) is 9.97 Å². The Labute approximate surface area is 171 Å². The number of para-hydroxylation sites is 2. The van der Waals surface area contributed by atoms with Crippen LogP contribution in [0.1, 0.15) is 10.4 Å². The van der Waals surface area contributed by atoms with Crippen LogP contribution in [-0.4, -0.2) is 30.0 Å². The van der Waals surface area contributed by atoms with Crippen LogP contribution in [0.15, 0.2) is 66.7 Å². The van der Waals surface area contributed by atoms with Gasteiger partial charge in [0.2, 0.25) is 0 Å². The minimum absolute atomic E-state index is 0.141. The van der Waals surface area contributed by atoms with Crippen LogP contribution in [0, 0.1) is 0 Å². The zero-order chi connectivity index (χ0) is 20.0.